The molecule has 8 heteroatoms. The number of urea groups is 1. The molecule has 5 rings (SSSR count). The highest BCUT2D eigenvalue weighted by Gasteiger charge is 2.29. The van der Waals surface area contributed by atoms with Gasteiger partial charge in [-0.25, -0.2) is 14.2 Å². The molecule has 0 aliphatic heterocycles. The van der Waals surface area contributed by atoms with E-state index in [0.717, 1.165) is 5.56 Å². The van der Waals surface area contributed by atoms with Gasteiger partial charge in [-0.1, -0.05) is 55.5 Å². The number of carbonyl (C=O) groups excluding carboxylic acids is 1. The van der Waals surface area contributed by atoms with Crippen LogP contribution in [-0.2, 0) is 6.42 Å². The fourth-order valence-electron chi connectivity index (χ4n) is 5.08. The van der Waals surface area contributed by atoms with Crippen LogP contribution in [0.15, 0.2) is 108 Å². The molecule has 0 aliphatic carbocycles. The number of benzene rings is 4. The van der Waals surface area contributed by atoms with E-state index >= 15 is 0 Å². The maximum Gasteiger partial charge on any atom is 0.322 e. The third kappa shape index (κ3) is 6.33. The van der Waals surface area contributed by atoms with Crippen molar-refractivity contribution in [3.05, 3.63) is 131 Å². The molecule has 5 aromatic rings. The average molecular weight is 565 g/mol. The molecular formula is C34H33FN4O3. The van der Waals surface area contributed by atoms with Crippen molar-refractivity contribution < 1.29 is 13.9 Å². The molecule has 2 amide bonds. The summed E-state index contributed by atoms with van der Waals surface area (Å²) in [7, 11) is 0. The van der Waals surface area contributed by atoms with Crippen molar-refractivity contribution in [3.8, 4) is 11.4 Å². The number of carbonyl (C=O) groups is 1. The van der Waals surface area contributed by atoms with E-state index in [2.05, 4.69) is 5.32 Å². The summed E-state index contributed by atoms with van der Waals surface area (Å²) in [5.41, 5.74) is 2.34. The summed E-state index contributed by atoms with van der Waals surface area (Å²) < 4.78 is 21.2. The largest absolute Gasteiger partial charge is 0.494 e. The second kappa shape index (κ2) is 13.1. The highest BCUT2D eigenvalue weighted by Crippen LogP contribution is 2.28. The number of aromatic nitrogens is 2. The van der Waals surface area contributed by atoms with E-state index in [1.165, 1.54) is 12.1 Å². The molecule has 7 nitrogen and oxygen atoms in total. The molecule has 1 N–H and O–H groups in total. The van der Waals surface area contributed by atoms with Crippen LogP contribution in [0.1, 0.15) is 37.7 Å². The predicted octanol–water partition coefficient (Wildman–Crippen LogP) is 7.15. The van der Waals surface area contributed by atoms with Crippen LogP contribution in [0, 0.1) is 5.82 Å². The summed E-state index contributed by atoms with van der Waals surface area (Å²) in [6.07, 6.45) is 1.06. The predicted molar refractivity (Wildman–Crippen MR) is 164 cm³/mol. The Hall–Kier alpha value is -4.98. The van der Waals surface area contributed by atoms with E-state index in [1.54, 1.807) is 33.7 Å². The number of nitrogens with one attached hydrogen (secondary N) is 1. The summed E-state index contributed by atoms with van der Waals surface area (Å²) in [6, 6.07) is 29.1. The first kappa shape index (κ1) is 28.5. The second-order valence-electron chi connectivity index (χ2n) is 9.85. The molecule has 42 heavy (non-hydrogen) atoms. The van der Waals surface area contributed by atoms with Crippen LogP contribution < -0.4 is 15.6 Å². The van der Waals surface area contributed by atoms with Crippen molar-refractivity contribution in [1.29, 1.82) is 0 Å². The molecule has 1 unspecified atom stereocenters. The Labute approximate surface area is 244 Å². The van der Waals surface area contributed by atoms with Gasteiger partial charge in [0.2, 0.25) is 0 Å². The number of nitrogens with zero attached hydrogens (tertiary/aromatic N) is 3. The first-order valence-electron chi connectivity index (χ1n) is 14.1. The van der Waals surface area contributed by atoms with Crippen LogP contribution in [0.25, 0.3) is 16.6 Å². The van der Waals surface area contributed by atoms with Gasteiger partial charge in [0.15, 0.2) is 0 Å². The van der Waals surface area contributed by atoms with Crippen molar-refractivity contribution in [2.24, 2.45) is 0 Å². The van der Waals surface area contributed by atoms with Gasteiger partial charge in [-0.3, -0.25) is 9.36 Å². The molecular weight excluding hydrogens is 531 g/mol. The monoisotopic (exact) mass is 564 g/mol. The van der Waals surface area contributed by atoms with E-state index in [-0.39, 0.29) is 5.56 Å². The lowest BCUT2D eigenvalue weighted by atomic mass is 10.1. The van der Waals surface area contributed by atoms with Crippen molar-refractivity contribution in [2.45, 2.75) is 32.7 Å². The summed E-state index contributed by atoms with van der Waals surface area (Å²) in [5.74, 6) is 0.680. The number of halogens is 1. The van der Waals surface area contributed by atoms with Gasteiger partial charge < -0.3 is 15.0 Å². The summed E-state index contributed by atoms with van der Waals surface area (Å²) in [6.45, 7) is 4.74. The van der Waals surface area contributed by atoms with E-state index in [9.17, 15) is 14.0 Å². The zero-order valence-corrected chi connectivity index (χ0v) is 23.7. The average Bonchev–Trinajstić information content (AvgIpc) is 3.00. The molecule has 0 aliphatic rings. The van der Waals surface area contributed by atoms with E-state index in [1.807, 2.05) is 80.6 Å². The van der Waals surface area contributed by atoms with Gasteiger partial charge >= 0.3 is 6.03 Å². The molecule has 0 bridgehead atoms. The minimum Gasteiger partial charge on any atom is -0.494 e. The van der Waals surface area contributed by atoms with Gasteiger partial charge in [-0.05, 0) is 79.9 Å². The second-order valence-corrected chi connectivity index (χ2v) is 9.85. The van der Waals surface area contributed by atoms with Crippen molar-refractivity contribution in [3.63, 3.8) is 0 Å². The lowest BCUT2D eigenvalue weighted by Gasteiger charge is -2.32. The van der Waals surface area contributed by atoms with E-state index in [4.69, 9.17) is 9.72 Å². The Morgan fingerprint density at radius 3 is 2.40 bits per heavy atom. The molecule has 0 saturated heterocycles. The molecule has 1 atom stereocenters. The van der Waals surface area contributed by atoms with Crippen LogP contribution in [0.2, 0.25) is 0 Å². The summed E-state index contributed by atoms with van der Waals surface area (Å²) in [4.78, 5) is 34.6. The van der Waals surface area contributed by atoms with Crippen molar-refractivity contribution >= 4 is 22.6 Å². The maximum atomic E-state index is 14.0. The highest BCUT2D eigenvalue weighted by molar-refractivity contribution is 5.89. The molecule has 1 heterocycles. The third-order valence-corrected chi connectivity index (χ3v) is 7.09. The third-order valence-electron chi connectivity index (χ3n) is 7.09. The number of amides is 2. The zero-order valence-electron chi connectivity index (χ0n) is 23.7. The van der Waals surface area contributed by atoms with Gasteiger partial charge in [0, 0.05) is 12.2 Å². The molecule has 1 aromatic heterocycles. The minimum absolute atomic E-state index is 0.230. The Bertz CT molecular complexity index is 1720. The lowest BCUT2D eigenvalue weighted by molar-refractivity contribution is 0.182. The Morgan fingerprint density at radius 2 is 1.69 bits per heavy atom. The standard InChI is InChI=1S/C34H33FN4O3/c1-3-31(38(22-21-24-11-6-5-7-12-24)34(41)36-26-14-10-13-25(35)23-26)32-37-30-16-9-8-15-29(30)33(40)39(32)27-17-19-28(20-18-27)42-4-2/h5-20,23,31H,3-4,21-22H2,1-2H3,(H,36,41). The van der Waals surface area contributed by atoms with Crippen LogP contribution in [-0.4, -0.2) is 33.6 Å². The fraction of sp³-hybridized carbons (Fsp3) is 0.206. The molecule has 0 fully saturated rings. The van der Waals surface area contributed by atoms with E-state index < -0.39 is 17.9 Å². The molecule has 0 spiro atoms. The van der Waals surface area contributed by atoms with Crippen molar-refractivity contribution in [2.75, 3.05) is 18.5 Å². The molecule has 0 radical (unpaired) electrons. The van der Waals surface area contributed by atoms with Gasteiger partial charge in [-0.15, -0.1) is 0 Å². The quantitative estimate of drug-likeness (QED) is 0.195. The molecule has 0 saturated carbocycles. The topological polar surface area (TPSA) is 76.5 Å². The minimum atomic E-state index is -0.578. The van der Waals surface area contributed by atoms with Crippen LogP contribution in [0.4, 0.5) is 14.9 Å². The normalized spacial score (nSPS) is 11.7. The lowest BCUT2D eigenvalue weighted by Crippen LogP contribution is -2.42. The SMILES string of the molecule is CCOc1ccc(-n2c(C(CC)N(CCc3ccccc3)C(=O)Nc3cccc(F)c3)nc3ccccc3c2=O)cc1. The van der Waals surface area contributed by atoms with Crippen LogP contribution in [0.5, 0.6) is 5.75 Å². The highest BCUT2D eigenvalue weighted by atomic mass is 19.1. The Kier molecular flexibility index (Phi) is 8.92. The van der Waals surface area contributed by atoms with Gasteiger partial charge in [0.05, 0.1) is 29.2 Å². The van der Waals surface area contributed by atoms with E-state index in [0.29, 0.717) is 59.8 Å². The number of para-hydroxylation sites is 1. The van der Waals surface area contributed by atoms with Crippen LogP contribution in [0.3, 0.4) is 0 Å². The van der Waals surface area contributed by atoms with Crippen molar-refractivity contribution in [1.82, 2.24) is 14.5 Å². The number of fused-ring (bicyclic) bond motifs is 1. The van der Waals surface area contributed by atoms with Gasteiger partial charge in [0.25, 0.3) is 5.56 Å². The molecule has 214 valence electrons. The number of ether oxygens (including phenoxy) is 1. The first-order valence-corrected chi connectivity index (χ1v) is 14.1. The maximum absolute atomic E-state index is 14.0. The number of anilines is 1. The smallest absolute Gasteiger partial charge is 0.322 e. The van der Waals surface area contributed by atoms with Gasteiger partial charge in [-0.2, -0.15) is 0 Å². The Balaban J connectivity index is 1.62. The zero-order chi connectivity index (χ0) is 29.5. The summed E-state index contributed by atoms with van der Waals surface area (Å²) >= 11 is 0. The van der Waals surface area contributed by atoms with Gasteiger partial charge in [0.1, 0.15) is 17.4 Å². The Morgan fingerprint density at radius 1 is 0.952 bits per heavy atom. The number of hydrogen-bond donors (Lipinski definition) is 1. The van der Waals surface area contributed by atoms with Crippen LogP contribution >= 0.6 is 0 Å². The molecule has 4 aromatic carbocycles. The first-order chi connectivity index (χ1) is 20.5. The number of rotatable bonds is 10. The fourth-order valence-corrected chi connectivity index (χ4v) is 5.08. The number of hydrogen-bond acceptors (Lipinski definition) is 4. The summed E-state index contributed by atoms with van der Waals surface area (Å²) in [5, 5.41) is 3.33.